The molecule has 2 heterocycles. The molecule has 0 radical (unpaired) electrons. The van der Waals surface area contributed by atoms with Gasteiger partial charge in [-0.25, -0.2) is 13.4 Å². The molecule has 2 atom stereocenters. The molecule has 1 unspecified atom stereocenters. The number of aromatic nitrogens is 1. The Labute approximate surface area is 212 Å². The van der Waals surface area contributed by atoms with Gasteiger partial charge in [0.15, 0.2) is 15.0 Å². The number of amides is 1. The van der Waals surface area contributed by atoms with Crippen molar-refractivity contribution in [2.75, 3.05) is 11.1 Å². The quantitative estimate of drug-likeness (QED) is 0.424. The Kier molecular flexibility index (Phi) is 7.73. The van der Waals surface area contributed by atoms with Gasteiger partial charge in [-0.05, 0) is 42.5 Å². The molecule has 0 saturated heterocycles. The minimum absolute atomic E-state index is 0.0569. The van der Waals surface area contributed by atoms with Gasteiger partial charge >= 0.3 is 0 Å². The van der Waals surface area contributed by atoms with Crippen LogP contribution in [0.25, 0.3) is 0 Å². The van der Waals surface area contributed by atoms with Crippen molar-refractivity contribution in [3.05, 3.63) is 76.3 Å². The lowest BCUT2D eigenvalue weighted by atomic mass is 9.98. The van der Waals surface area contributed by atoms with E-state index in [-0.39, 0.29) is 29.0 Å². The lowest BCUT2D eigenvalue weighted by Crippen LogP contribution is -2.35. The molecule has 8 heteroatoms. The van der Waals surface area contributed by atoms with E-state index in [9.17, 15) is 13.2 Å². The van der Waals surface area contributed by atoms with Gasteiger partial charge in [-0.3, -0.25) is 9.69 Å². The van der Waals surface area contributed by atoms with Crippen molar-refractivity contribution in [2.45, 2.75) is 64.1 Å². The standard InChI is InChI=1S/C27H33N3O3S2/c1-5-35(32,33)22-13-11-21(12-14-22)16-24(31)28-27-29-25-23(34-27)17-30(26(25)18(2)3)19(4)15-20-9-7-6-8-10-20/h6-14,18-19,26H,5,15-17H2,1-4H3,(H,28,29,31)/t19-,26?/m0/s1. The molecule has 2 aromatic carbocycles. The molecule has 186 valence electrons. The van der Waals surface area contributed by atoms with Crippen molar-refractivity contribution < 1.29 is 13.2 Å². The summed E-state index contributed by atoms with van der Waals surface area (Å²) in [5, 5.41) is 3.58. The first-order valence-corrected chi connectivity index (χ1v) is 14.6. The smallest absolute Gasteiger partial charge is 0.230 e. The molecule has 1 N–H and O–H groups in total. The van der Waals surface area contributed by atoms with Crippen LogP contribution in [-0.4, -0.2) is 36.0 Å². The minimum atomic E-state index is -3.24. The van der Waals surface area contributed by atoms with Gasteiger partial charge in [0.05, 0.1) is 28.8 Å². The van der Waals surface area contributed by atoms with E-state index in [1.807, 2.05) is 6.07 Å². The summed E-state index contributed by atoms with van der Waals surface area (Å²) in [5.74, 6) is 0.304. The highest BCUT2D eigenvalue weighted by Crippen LogP contribution is 2.43. The second kappa shape index (κ2) is 10.6. The molecule has 4 rings (SSSR count). The normalized spacial score (nSPS) is 16.9. The molecule has 6 nitrogen and oxygen atoms in total. The van der Waals surface area contributed by atoms with Crippen LogP contribution in [0.1, 0.15) is 55.4 Å². The molecular weight excluding hydrogens is 478 g/mol. The van der Waals surface area contributed by atoms with Gasteiger partial charge < -0.3 is 5.32 Å². The van der Waals surface area contributed by atoms with Crippen molar-refractivity contribution in [3.63, 3.8) is 0 Å². The molecule has 1 aliphatic heterocycles. The van der Waals surface area contributed by atoms with E-state index in [0.717, 1.165) is 24.2 Å². The Bertz CT molecular complexity index is 1270. The topological polar surface area (TPSA) is 79.4 Å². The fourth-order valence-electron chi connectivity index (χ4n) is 4.71. The van der Waals surface area contributed by atoms with Crippen LogP contribution in [0.4, 0.5) is 5.13 Å². The Morgan fingerprint density at radius 1 is 1.09 bits per heavy atom. The van der Waals surface area contributed by atoms with Gasteiger partial charge in [-0.15, -0.1) is 11.3 Å². The van der Waals surface area contributed by atoms with Crippen LogP contribution < -0.4 is 5.32 Å². The summed E-state index contributed by atoms with van der Waals surface area (Å²) >= 11 is 1.55. The first-order chi connectivity index (χ1) is 16.7. The van der Waals surface area contributed by atoms with E-state index in [1.54, 1.807) is 42.5 Å². The maximum absolute atomic E-state index is 12.7. The predicted octanol–water partition coefficient (Wildman–Crippen LogP) is 5.26. The van der Waals surface area contributed by atoms with Crippen LogP contribution in [-0.2, 0) is 34.0 Å². The zero-order valence-corrected chi connectivity index (χ0v) is 22.3. The van der Waals surface area contributed by atoms with Crippen molar-refractivity contribution in [2.24, 2.45) is 5.92 Å². The highest BCUT2D eigenvalue weighted by molar-refractivity contribution is 7.91. The molecule has 35 heavy (non-hydrogen) atoms. The number of nitrogens with one attached hydrogen (secondary N) is 1. The van der Waals surface area contributed by atoms with Crippen LogP contribution in [0.5, 0.6) is 0 Å². The number of fused-ring (bicyclic) bond motifs is 1. The molecule has 0 fully saturated rings. The number of sulfone groups is 1. The molecule has 3 aromatic rings. The van der Waals surface area contributed by atoms with Crippen LogP contribution in [0.15, 0.2) is 59.5 Å². The summed E-state index contributed by atoms with van der Waals surface area (Å²) < 4.78 is 24.0. The number of hydrogen-bond donors (Lipinski definition) is 1. The van der Waals surface area contributed by atoms with E-state index in [0.29, 0.717) is 17.1 Å². The summed E-state index contributed by atoms with van der Waals surface area (Å²) in [4.78, 5) is 21.5. The van der Waals surface area contributed by atoms with Gasteiger partial charge in [-0.2, -0.15) is 0 Å². The number of hydrogen-bond acceptors (Lipinski definition) is 6. The third-order valence-corrected chi connectivity index (χ3v) is 9.26. The summed E-state index contributed by atoms with van der Waals surface area (Å²) in [7, 11) is -3.24. The molecule has 0 saturated carbocycles. The van der Waals surface area contributed by atoms with E-state index in [4.69, 9.17) is 4.98 Å². The minimum Gasteiger partial charge on any atom is -0.302 e. The average molecular weight is 512 g/mol. The van der Waals surface area contributed by atoms with Gasteiger partial charge in [0.2, 0.25) is 5.91 Å². The number of nitrogens with zero attached hydrogens (tertiary/aromatic N) is 2. The Morgan fingerprint density at radius 3 is 2.40 bits per heavy atom. The van der Waals surface area contributed by atoms with Crippen molar-refractivity contribution >= 4 is 32.2 Å². The Morgan fingerprint density at radius 2 is 1.77 bits per heavy atom. The van der Waals surface area contributed by atoms with E-state index >= 15 is 0 Å². The first-order valence-electron chi connectivity index (χ1n) is 12.1. The SMILES string of the molecule is CCS(=O)(=O)c1ccc(CC(=O)Nc2nc3c(s2)CN([C@@H](C)Cc2ccccc2)C3C(C)C)cc1. The maximum Gasteiger partial charge on any atom is 0.230 e. The van der Waals surface area contributed by atoms with Gasteiger partial charge in [0.1, 0.15) is 0 Å². The van der Waals surface area contributed by atoms with E-state index in [2.05, 4.69) is 55.3 Å². The van der Waals surface area contributed by atoms with Crippen LogP contribution in [0, 0.1) is 5.92 Å². The zero-order chi connectivity index (χ0) is 25.2. The molecule has 0 spiro atoms. The Hall–Kier alpha value is -2.55. The maximum atomic E-state index is 12.7. The highest BCUT2D eigenvalue weighted by atomic mass is 32.2. The second-order valence-electron chi connectivity index (χ2n) is 9.50. The van der Waals surface area contributed by atoms with Crippen molar-refractivity contribution in [1.82, 2.24) is 9.88 Å². The molecule has 1 aromatic heterocycles. The molecular formula is C27H33N3O3S2. The monoisotopic (exact) mass is 511 g/mol. The summed E-state index contributed by atoms with van der Waals surface area (Å²) in [6, 6.07) is 17.7. The molecule has 1 amide bonds. The zero-order valence-electron chi connectivity index (χ0n) is 20.7. The third kappa shape index (κ3) is 5.82. The Balaban J connectivity index is 1.41. The summed E-state index contributed by atoms with van der Waals surface area (Å²) in [6.45, 7) is 9.19. The van der Waals surface area contributed by atoms with Crippen LogP contribution in [0.2, 0.25) is 0 Å². The summed E-state index contributed by atoms with van der Waals surface area (Å²) in [6.07, 6.45) is 1.16. The highest BCUT2D eigenvalue weighted by Gasteiger charge is 2.38. The van der Waals surface area contributed by atoms with Crippen molar-refractivity contribution in [3.8, 4) is 0 Å². The number of carbonyl (C=O) groups excluding carboxylic acids is 1. The van der Waals surface area contributed by atoms with Crippen LogP contribution >= 0.6 is 11.3 Å². The molecule has 1 aliphatic rings. The third-order valence-electron chi connectivity index (χ3n) is 6.54. The lowest BCUT2D eigenvalue weighted by Gasteiger charge is -2.33. The first kappa shape index (κ1) is 25.5. The van der Waals surface area contributed by atoms with Crippen LogP contribution in [0.3, 0.4) is 0 Å². The average Bonchev–Trinajstić information content (AvgIpc) is 3.37. The second-order valence-corrected chi connectivity index (χ2v) is 12.9. The van der Waals surface area contributed by atoms with Gasteiger partial charge in [0.25, 0.3) is 0 Å². The predicted molar refractivity (Wildman–Crippen MR) is 141 cm³/mol. The van der Waals surface area contributed by atoms with Gasteiger partial charge in [-0.1, -0.05) is 63.2 Å². The number of benzene rings is 2. The number of carbonyl (C=O) groups is 1. The van der Waals surface area contributed by atoms with Gasteiger partial charge in [0, 0.05) is 17.5 Å². The number of thiazole rings is 1. The lowest BCUT2D eigenvalue weighted by molar-refractivity contribution is -0.115. The molecule has 0 bridgehead atoms. The van der Waals surface area contributed by atoms with Crippen molar-refractivity contribution in [1.29, 1.82) is 0 Å². The fourth-order valence-corrected chi connectivity index (χ4v) is 6.62. The molecule has 0 aliphatic carbocycles. The number of anilines is 1. The number of rotatable bonds is 9. The largest absolute Gasteiger partial charge is 0.302 e. The summed E-state index contributed by atoms with van der Waals surface area (Å²) in [5.41, 5.74) is 3.18. The van der Waals surface area contributed by atoms with E-state index < -0.39 is 9.84 Å². The fraction of sp³-hybridized carbons (Fsp3) is 0.407. The van der Waals surface area contributed by atoms with E-state index in [1.165, 1.54) is 10.4 Å².